The molecule has 2 aromatic carbocycles. The van der Waals surface area contributed by atoms with E-state index < -0.39 is 92.1 Å². The molecule has 4 aliphatic rings. The topological polar surface area (TPSA) is 455 Å². The van der Waals surface area contributed by atoms with Crippen molar-refractivity contribution in [1.29, 1.82) is 0 Å². The number of nitrogens with two attached hydrogens (primary N) is 2. The van der Waals surface area contributed by atoms with E-state index in [4.69, 9.17) is 11.5 Å². The van der Waals surface area contributed by atoms with Gasteiger partial charge >= 0.3 is 11.9 Å². The maximum Gasteiger partial charge on any atom is 0.327 e. The molecule has 0 saturated carbocycles. The van der Waals surface area contributed by atoms with Gasteiger partial charge in [0.05, 0.1) is 0 Å². The lowest BCUT2D eigenvalue weighted by atomic mass is 9.95. The van der Waals surface area contributed by atoms with Crippen LogP contribution in [0.1, 0.15) is 50.9 Å². The Morgan fingerprint density at radius 3 is 1.12 bits per heavy atom. The molecule has 0 radical (unpaired) electrons. The van der Waals surface area contributed by atoms with Crippen molar-refractivity contribution in [3.63, 3.8) is 0 Å². The van der Waals surface area contributed by atoms with Crippen LogP contribution in [0.5, 0.6) is 11.5 Å². The van der Waals surface area contributed by atoms with E-state index in [1.807, 2.05) is 0 Å². The number of thioether (sulfide) groups is 2. The number of aromatic hydroxyl groups is 2. The molecule has 0 spiro atoms. The van der Waals surface area contributed by atoms with Gasteiger partial charge in [-0.2, -0.15) is 0 Å². The summed E-state index contributed by atoms with van der Waals surface area (Å²) in [5.41, 5.74) is 12.8. The highest BCUT2D eigenvalue weighted by molar-refractivity contribution is 8.02. The molecule has 4 fully saturated rings. The molecule has 22 N–H and O–H groups in total. The standard InChI is InChI=1S/2C16H19N3O5S.6H2O/c2*1-16(2)11(15(23)24)19-13(22)10(14(19)25-16)18-12(21)9(17)7-3-5-8(20)6-4-7;;;;;;/h2*3-6,9-11,14,20H,17H2,1-2H3,(H,18,21)(H,23,24);6*1H2/t2*9-,10-,11+,14-;;;;;;/m11....../s1. The van der Waals surface area contributed by atoms with Crippen molar-refractivity contribution in [2.24, 2.45) is 11.5 Å². The molecule has 2 aromatic rings. The Morgan fingerprint density at radius 1 is 0.607 bits per heavy atom. The largest absolute Gasteiger partial charge is 0.508 e. The minimum absolute atomic E-state index is 0. The van der Waals surface area contributed by atoms with Crippen LogP contribution in [0.4, 0.5) is 0 Å². The molecule has 22 nitrogen and oxygen atoms in total. The number of rotatable bonds is 8. The highest BCUT2D eigenvalue weighted by Crippen LogP contribution is 2.52. The summed E-state index contributed by atoms with van der Waals surface area (Å²) in [6.45, 7) is 7.07. The molecule has 316 valence electrons. The second-order valence-electron chi connectivity index (χ2n) is 13.3. The Bertz CT molecular complexity index is 1610. The highest BCUT2D eigenvalue weighted by atomic mass is 32.2. The minimum Gasteiger partial charge on any atom is -0.508 e. The normalized spacial score (nSPS) is 25.0. The first-order valence-electron chi connectivity index (χ1n) is 15.4. The number of β-lactam (4-membered cyclic amide) rings is 2. The van der Waals surface area contributed by atoms with Crippen molar-refractivity contribution in [3.8, 4) is 11.5 Å². The summed E-state index contributed by atoms with van der Waals surface area (Å²) >= 11 is 2.71. The number of benzene rings is 2. The number of aliphatic carboxylic acids is 2. The van der Waals surface area contributed by atoms with E-state index in [-0.39, 0.29) is 44.4 Å². The first kappa shape index (κ1) is 53.3. The fourth-order valence-electron chi connectivity index (χ4n) is 6.44. The summed E-state index contributed by atoms with van der Waals surface area (Å²) < 4.78 is -1.30. The third-order valence-corrected chi connectivity index (χ3v) is 12.2. The number of carboxylic acid groups (broad SMARTS) is 2. The number of phenolic OH excluding ortho intramolecular Hbond substituents is 2. The van der Waals surface area contributed by atoms with Gasteiger partial charge in [-0.3, -0.25) is 19.2 Å². The molecular weight excluding hydrogens is 789 g/mol. The predicted octanol–water partition coefficient (Wildman–Crippen LogP) is -4.90. The van der Waals surface area contributed by atoms with Gasteiger partial charge in [-0.25, -0.2) is 9.59 Å². The highest BCUT2D eigenvalue weighted by Gasteiger charge is 2.65. The molecule has 56 heavy (non-hydrogen) atoms. The first-order valence-corrected chi connectivity index (χ1v) is 17.2. The van der Waals surface area contributed by atoms with E-state index in [2.05, 4.69) is 10.6 Å². The number of carboxylic acids is 2. The second-order valence-corrected chi connectivity index (χ2v) is 16.8. The van der Waals surface area contributed by atoms with Crippen LogP contribution in [0.15, 0.2) is 48.5 Å². The van der Waals surface area contributed by atoms with Crippen molar-refractivity contribution < 1.29 is 82.1 Å². The molecule has 8 atom stereocenters. The van der Waals surface area contributed by atoms with Gasteiger partial charge in [-0.05, 0) is 63.1 Å². The zero-order chi connectivity index (χ0) is 37.0. The molecular formula is C32H50N6O16S2. The lowest BCUT2D eigenvalue weighted by molar-refractivity contribution is -0.161. The van der Waals surface area contributed by atoms with Gasteiger partial charge in [0.25, 0.3) is 0 Å². The predicted molar refractivity (Wildman–Crippen MR) is 203 cm³/mol. The number of nitrogens with one attached hydrogen (secondary N) is 2. The van der Waals surface area contributed by atoms with Crippen LogP contribution in [0.25, 0.3) is 0 Å². The van der Waals surface area contributed by atoms with Gasteiger partial charge in [0, 0.05) is 9.49 Å². The van der Waals surface area contributed by atoms with Gasteiger partial charge < -0.3 is 85.2 Å². The van der Waals surface area contributed by atoms with Crippen LogP contribution in [0.3, 0.4) is 0 Å². The SMILES string of the molecule is CC1(C)S[C@@H]2[C@H](NC(=O)[C@H](N)c3ccc(O)cc3)C(=O)N2[C@H]1C(=O)O.CC1(C)S[C@@H]2[C@H](NC(=O)[C@H](N)c3ccc(O)cc3)C(=O)N2[C@H]1C(=O)O.O.O.O.O.O.O. The molecule has 0 aliphatic carbocycles. The van der Waals surface area contributed by atoms with E-state index in [0.29, 0.717) is 11.1 Å². The summed E-state index contributed by atoms with van der Waals surface area (Å²) in [6, 6.07) is 6.41. The molecule has 6 rings (SSSR count). The van der Waals surface area contributed by atoms with Crippen molar-refractivity contribution >= 4 is 59.1 Å². The lowest BCUT2D eigenvalue weighted by Gasteiger charge is -2.43. The van der Waals surface area contributed by atoms with E-state index in [9.17, 15) is 49.2 Å². The third-order valence-electron chi connectivity index (χ3n) is 9.01. The second kappa shape index (κ2) is 19.4. The average molecular weight is 839 g/mol. The third kappa shape index (κ3) is 9.60. The zero-order valence-corrected chi connectivity index (χ0v) is 32.0. The van der Waals surface area contributed by atoms with Crippen LogP contribution in [0, 0.1) is 0 Å². The van der Waals surface area contributed by atoms with E-state index in [0.717, 1.165) is 0 Å². The van der Waals surface area contributed by atoms with Crippen molar-refractivity contribution in [1.82, 2.24) is 20.4 Å². The fraction of sp³-hybridized carbons (Fsp3) is 0.438. The van der Waals surface area contributed by atoms with Gasteiger partial charge in [-0.1, -0.05) is 24.3 Å². The van der Waals surface area contributed by atoms with Crippen LogP contribution in [0.2, 0.25) is 0 Å². The summed E-state index contributed by atoms with van der Waals surface area (Å²) in [6.07, 6.45) is 0. The maximum absolute atomic E-state index is 12.3. The van der Waals surface area contributed by atoms with Crippen LogP contribution in [-0.2, 0) is 28.8 Å². The number of hydrogen-bond acceptors (Lipinski definition) is 12. The van der Waals surface area contributed by atoms with Crippen LogP contribution < -0.4 is 22.1 Å². The number of carbonyl (C=O) groups is 6. The lowest BCUT2D eigenvalue weighted by Crippen LogP contribution is -2.71. The van der Waals surface area contributed by atoms with Crippen molar-refractivity contribution in [2.45, 2.75) is 84.2 Å². The Kier molecular flexibility index (Phi) is 18.5. The van der Waals surface area contributed by atoms with Crippen molar-refractivity contribution in [2.75, 3.05) is 0 Å². The zero-order valence-electron chi connectivity index (χ0n) is 30.3. The molecule has 4 heterocycles. The Balaban J connectivity index is 0. The minimum atomic E-state index is -1.06. The smallest absolute Gasteiger partial charge is 0.327 e. The molecule has 0 bridgehead atoms. The number of fused-ring (bicyclic) bond motifs is 2. The quantitative estimate of drug-likeness (QED) is 0.116. The maximum atomic E-state index is 12.3. The molecule has 0 unspecified atom stereocenters. The van der Waals surface area contributed by atoms with Gasteiger partial charge in [-0.15, -0.1) is 23.5 Å². The van der Waals surface area contributed by atoms with E-state index in [1.165, 1.54) is 81.9 Å². The summed E-state index contributed by atoms with van der Waals surface area (Å²) in [5.74, 6) is -3.88. The number of carbonyl (C=O) groups excluding carboxylic acids is 4. The molecule has 4 aliphatic heterocycles. The first-order chi connectivity index (χ1) is 23.3. The summed E-state index contributed by atoms with van der Waals surface area (Å²) in [5, 5.41) is 41.7. The van der Waals surface area contributed by atoms with E-state index >= 15 is 0 Å². The average Bonchev–Trinajstić information content (AvgIpc) is 3.47. The van der Waals surface area contributed by atoms with Gasteiger partial charge in [0.1, 0.15) is 58.5 Å². The van der Waals surface area contributed by atoms with Crippen LogP contribution in [-0.4, -0.2) is 143 Å². The Labute approximate surface area is 327 Å². The number of hydrogen-bond donors (Lipinski definition) is 8. The summed E-state index contributed by atoms with van der Waals surface area (Å²) in [7, 11) is 0. The number of phenols is 2. The Morgan fingerprint density at radius 2 is 0.875 bits per heavy atom. The summed E-state index contributed by atoms with van der Waals surface area (Å²) in [4.78, 5) is 74.9. The molecule has 4 amide bonds. The number of amides is 4. The van der Waals surface area contributed by atoms with Gasteiger partial charge in [0.2, 0.25) is 23.6 Å². The van der Waals surface area contributed by atoms with Gasteiger partial charge in [0.15, 0.2) is 0 Å². The monoisotopic (exact) mass is 838 g/mol. The Hall–Kier alpha value is -4.76. The molecule has 4 saturated heterocycles. The fourth-order valence-corrected chi connectivity index (χ4v) is 9.69. The van der Waals surface area contributed by atoms with Crippen molar-refractivity contribution in [3.05, 3.63) is 59.7 Å². The molecule has 0 aromatic heterocycles. The number of nitrogens with zero attached hydrogens (tertiary/aromatic N) is 2. The van der Waals surface area contributed by atoms with E-state index in [1.54, 1.807) is 27.7 Å². The van der Waals surface area contributed by atoms with Crippen LogP contribution >= 0.6 is 23.5 Å². The molecule has 24 heteroatoms.